The molecule has 8 heteroatoms. The van der Waals surface area contributed by atoms with E-state index in [0.717, 1.165) is 6.54 Å². The maximum Gasteiger partial charge on any atom is 0.271 e. The summed E-state index contributed by atoms with van der Waals surface area (Å²) in [6.07, 6.45) is 2.21. The van der Waals surface area contributed by atoms with E-state index in [1.807, 2.05) is 6.92 Å². The second-order valence-electron chi connectivity index (χ2n) is 4.17. The van der Waals surface area contributed by atoms with Gasteiger partial charge in [-0.3, -0.25) is 9.48 Å². The highest BCUT2D eigenvalue weighted by molar-refractivity contribution is 5.92. The maximum absolute atomic E-state index is 11.8. The first-order valence-corrected chi connectivity index (χ1v) is 6.39. The molecule has 0 unspecified atom stereocenters. The lowest BCUT2D eigenvalue weighted by atomic mass is 10.3. The van der Waals surface area contributed by atoms with Crippen LogP contribution in [0.25, 0.3) is 0 Å². The molecule has 0 radical (unpaired) electrons. The number of hydrogen-bond acceptors (Lipinski definition) is 6. The number of nitrogens with zero attached hydrogens (tertiary/aromatic N) is 5. The molecule has 8 nitrogen and oxygen atoms in total. The van der Waals surface area contributed by atoms with Gasteiger partial charge < -0.3 is 10.6 Å². The molecule has 0 aromatic carbocycles. The number of anilines is 1. The summed E-state index contributed by atoms with van der Waals surface area (Å²) in [5, 5.41) is 17.7. The molecule has 1 amide bonds. The van der Waals surface area contributed by atoms with Crippen molar-refractivity contribution in [2.45, 2.75) is 13.3 Å². The first-order chi connectivity index (χ1) is 9.69. The number of rotatable bonds is 6. The Morgan fingerprint density at radius 3 is 2.80 bits per heavy atom. The summed E-state index contributed by atoms with van der Waals surface area (Å²) in [6.45, 7) is 3.19. The van der Waals surface area contributed by atoms with E-state index in [2.05, 4.69) is 30.9 Å². The summed E-state index contributed by atoms with van der Waals surface area (Å²) in [5.41, 5.74) is 0.292. The smallest absolute Gasteiger partial charge is 0.271 e. The molecule has 2 heterocycles. The minimum atomic E-state index is -0.253. The third-order valence-electron chi connectivity index (χ3n) is 2.54. The third-order valence-corrected chi connectivity index (χ3v) is 2.54. The topological polar surface area (TPSA) is 97.6 Å². The van der Waals surface area contributed by atoms with Gasteiger partial charge in [0, 0.05) is 26.6 Å². The number of amides is 1. The zero-order valence-electron chi connectivity index (χ0n) is 11.5. The van der Waals surface area contributed by atoms with Crippen LogP contribution in [0.4, 0.5) is 5.82 Å². The second kappa shape index (κ2) is 6.60. The van der Waals surface area contributed by atoms with Crippen LogP contribution in [0.2, 0.25) is 0 Å². The van der Waals surface area contributed by atoms with Gasteiger partial charge in [-0.1, -0.05) is 0 Å². The van der Waals surface area contributed by atoms with Crippen LogP contribution >= 0.6 is 0 Å². The summed E-state index contributed by atoms with van der Waals surface area (Å²) in [5.74, 6) is 1.10. The molecule has 0 spiro atoms. The van der Waals surface area contributed by atoms with Crippen molar-refractivity contribution >= 4 is 11.7 Å². The molecule has 106 valence electrons. The predicted octanol–water partition coefficient (Wildman–Crippen LogP) is 0.00940. The number of aryl methyl sites for hydroxylation is 1. The van der Waals surface area contributed by atoms with Crippen molar-refractivity contribution in [3.8, 4) is 0 Å². The van der Waals surface area contributed by atoms with E-state index in [4.69, 9.17) is 0 Å². The highest BCUT2D eigenvalue weighted by Crippen LogP contribution is 2.01. The molecular formula is C12H17N7O. The lowest BCUT2D eigenvalue weighted by Crippen LogP contribution is -2.27. The molecule has 2 rings (SSSR count). The Labute approximate surface area is 116 Å². The Kier molecular flexibility index (Phi) is 4.59. The lowest BCUT2D eigenvalue weighted by Gasteiger charge is -2.04. The summed E-state index contributed by atoms with van der Waals surface area (Å²) in [6, 6.07) is 3.37. The van der Waals surface area contributed by atoms with Crippen LogP contribution in [0, 0.1) is 0 Å². The number of aromatic nitrogens is 5. The van der Waals surface area contributed by atoms with Crippen LogP contribution in [0.1, 0.15) is 23.2 Å². The quantitative estimate of drug-likeness (QED) is 0.770. The first-order valence-electron chi connectivity index (χ1n) is 6.39. The molecule has 2 aromatic rings. The second-order valence-corrected chi connectivity index (χ2v) is 4.17. The molecule has 0 atom stereocenters. The molecule has 0 saturated carbocycles. The van der Waals surface area contributed by atoms with Gasteiger partial charge in [0.2, 0.25) is 0 Å². The molecule has 0 saturated heterocycles. The van der Waals surface area contributed by atoms with E-state index in [0.29, 0.717) is 30.3 Å². The fourth-order valence-electron chi connectivity index (χ4n) is 1.61. The maximum atomic E-state index is 11.8. The van der Waals surface area contributed by atoms with Crippen LogP contribution in [0.15, 0.2) is 18.5 Å². The number of hydrogen-bond donors (Lipinski definition) is 2. The summed E-state index contributed by atoms with van der Waals surface area (Å²) < 4.78 is 1.63. The van der Waals surface area contributed by atoms with Gasteiger partial charge in [-0.05, 0) is 19.1 Å². The number of nitrogens with one attached hydrogen (secondary N) is 2. The van der Waals surface area contributed by atoms with E-state index in [9.17, 15) is 4.79 Å². The average molecular weight is 275 g/mol. The van der Waals surface area contributed by atoms with Crippen LogP contribution in [-0.2, 0) is 13.5 Å². The third kappa shape index (κ3) is 3.74. The van der Waals surface area contributed by atoms with Gasteiger partial charge in [-0.15, -0.1) is 10.2 Å². The minimum absolute atomic E-state index is 0.253. The van der Waals surface area contributed by atoms with Crippen LogP contribution in [0.3, 0.4) is 0 Å². The normalized spacial score (nSPS) is 10.3. The van der Waals surface area contributed by atoms with Gasteiger partial charge >= 0.3 is 0 Å². The minimum Gasteiger partial charge on any atom is -0.369 e. The standard InChI is InChI=1S/C12H17N7O/c1-3-13-10-5-4-9(16-17-10)12(20)14-7-6-11-15-8-19(2)18-11/h4-5,8H,3,6-7H2,1-2H3,(H,13,17)(H,14,20). The van der Waals surface area contributed by atoms with Crippen molar-refractivity contribution in [1.29, 1.82) is 0 Å². The molecule has 2 aromatic heterocycles. The highest BCUT2D eigenvalue weighted by atomic mass is 16.1. The van der Waals surface area contributed by atoms with Crippen molar-refractivity contribution in [1.82, 2.24) is 30.3 Å². The van der Waals surface area contributed by atoms with E-state index < -0.39 is 0 Å². The van der Waals surface area contributed by atoms with Crippen LogP contribution < -0.4 is 10.6 Å². The number of carbonyl (C=O) groups is 1. The summed E-state index contributed by atoms with van der Waals surface area (Å²) >= 11 is 0. The molecule has 0 fully saturated rings. The summed E-state index contributed by atoms with van der Waals surface area (Å²) in [7, 11) is 1.80. The Balaban J connectivity index is 1.82. The molecule has 0 aliphatic carbocycles. The molecule has 0 aliphatic rings. The molecule has 0 bridgehead atoms. The molecular weight excluding hydrogens is 258 g/mol. The van der Waals surface area contributed by atoms with E-state index >= 15 is 0 Å². The zero-order valence-corrected chi connectivity index (χ0v) is 11.5. The average Bonchev–Trinajstić information content (AvgIpc) is 2.85. The number of carbonyl (C=O) groups excluding carboxylic acids is 1. The van der Waals surface area contributed by atoms with Gasteiger partial charge in [0.15, 0.2) is 11.5 Å². The van der Waals surface area contributed by atoms with Crippen molar-refractivity contribution in [2.75, 3.05) is 18.4 Å². The van der Waals surface area contributed by atoms with Crippen LogP contribution in [0.5, 0.6) is 0 Å². The lowest BCUT2D eigenvalue weighted by molar-refractivity contribution is 0.0948. The largest absolute Gasteiger partial charge is 0.369 e. The fraction of sp³-hybridized carbons (Fsp3) is 0.417. The van der Waals surface area contributed by atoms with Gasteiger partial charge in [-0.25, -0.2) is 4.98 Å². The van der Waals surface area contributed by atoms with Crippen molar-refractivity contribution in [3.63, 3.8) is 0 Å². The fourth-order valence-corrected chi connectivity index (χ4v) is 1.61. The van der Waals surface area contributed by atoms with E-state index in [-0.39, 0.29) is 5.91 Å². The van der Waals surface area contributed by atoms with E-state index in [1.165, 1.54) is 0 Å². The van der Waals surface area contributed by atoms with Gasteiger partial charge in [0.25, 0.3) is 5.91 Å². The monoisotopic (exact) mass is 275 g/mol. The van der Waals surface area contributed by atoms with Gasteiger partial charge in [0.05, 0.1) is 0 Å². The Hall–Kier alpha value is -2.51. The van der Waals surface area contributed by atoms with Crippen molar-refractivity contribution in [3.05, 3.63) is 30.0 Å². The predicted molar refractivity (Wildman–Crippen MR) is 73.2 cm³/mol. The van der Waals surface area contributed by atoms with E-state index in [1.54, 1.807) is 30.2 Å². The Morgan fingerprint density at radius 1 is 1.35 bits per heavy atom. The Bertz CT molecular complexity index is 563. The van der Waals surface area contributed by atoms with Gasteiger partial charge in [-0.2, -0.15) is 5.10 Å². The summed E-state index contributed by atoms with van der Waals surface area (Å²) in [4.78, 5) is 15.9. The highest BCUT2D eigenvalue weighted by Gasteiger charge is 2.08. The van der Waals surface area contributed by atoms with Crippen LogP contribution in [-0.4, -0.2) is 44.0 Å². The van der Waals surface area contributed by atoms with Crippen molar-refractivity contribution in [2.24, 2.45) is 7.05 Å². The zero-order chi connectivity index (χ0) is 14.4. The molecule has 0 aliphatic heterocycles. The van der Waals surface area contributed by atoms with Crippen molar-refractivity contribution < 1.29 is 4.79 Å². The molecule has 2 N–H and O–H groups in total. The first kappa shape index (κ1) is 13.9. The SMILES string of the molecule is CCNc1ccc(C(=O)NCCc2ncn(C)n2)nn1. The van der Waals surface area contributed by atoms with Gasteiger partial charge in [0.1, 0.15) is 12.1 Å². The molecule has 20 heavy (non-hydrogen) atoms. The Morgan fingerprint density at radius 2 is 2.20 bits per heavy atom.